The van der Waals surface area contributed by atoms with E-state index in [-0.39, 0.29) is 36.3 Å². The highest BCUT2D eigenvalue weighted by Crippen LogP contribution is 2.66. The zero-order valence-corrected chi connectivity index (χ0v) is 23.6. The molecule has 0 aromatic carbocycles. The fraction of sp³-hybridized carbons (Fsp3) is 0.759. The summed E-state index contributed by atoms with van der Waals surface area (Å²) in [6, 6.07) is -1.02. The van der Waals surface area contributed by atoms with E-state index in [2.05, 4.69) is 38.2 Å². The number of rotatable bonds is 6. The minimum atomic E-state index is -0.839. The lowest BCUT2D eigenvalue weighted by Gasteiger charge is -2.42. The summed E-state index contributed by atoms with van der Waals surface area (Å²) in [5.74, 6) is -1.36. The molecule has 1 N–H and O–H groups in total. The Balaban J connectivity index is 1.64. The van der Waals surface area contributed by atoms with Gasteiger partial charge >= 0.3 is 0 Å². The van der Waals surface area contributed by atoms with Gasteiger partial charge < -0.3 is 19.8 Å². The van der Waals surface area contributed by atoms with Crippen LogP contribution in [0.3, 0.4) is 0 Å². The van der Waals surface area contributed by atoms with Crippen LogP contribution in [0.25, 0.3) is 0 Å². The zero-order chi connectivity index (χ0) is 26.5. The van der Waals surface area contributed by atoms with E-state index in [0.717, 1.165) is 32.1 Å². The van der Waals surface area contributed by atoms with Gasteiger partial charge in [0.15, 0.2) is 0 Å². The van der Waals surface area contributed by atoms with Crippen LogP contribution < -0.4 is 0 Å². The summed E-state index contributed by atoms with van der Waals surface area (Å²) in [5.41, 5.74) is 0. The molecule has 7 nitrogen and oxygen atoms in total. The van der Waals surface area contributed by atoms with E-state index in [1.54, 1.807) is 16.7 Å². The first-order chi connectivity index (χ1) is 17.7. The third-order valence-corrected chi connectivity index (χ3v) is 11.2. The molecular formula is C29H43N3O4S. The fourth-order valence-electron chi connectivity index (χ4n) is 7.70. The number of hydrogen-bond donors (Lipinski definition) is 1. The summed E-state index contributed by atoms with van der Waals surface area (Å²) in [4.78, 5) is 48.8. The second-order valence-corrected chi connectivity index (χ2v) is 13.9. The number of carbonyl (C=O) groups excluding carboxylic acids is 3. The minimum absolute atomic E-state index is 0.0111. The van der Waals surface area contributed by atoms with Gasteiger partial charge in [0, 0.05) is 30.4 Å². The molecule has 8 heteroatoms. The van der Waals surface area contributed by atoms with Crippen molar-refractivity contribution < 1.29 is 19.5 Å². The maximum Gasteiger partial charge on any atom is 0.247 e. The molecule has 37 heavy (non-hydrogen) atoms. The van der Waals surface area contributed by atoms with E-state index >= 15 is 0 Å². The number of likely N-dealkylation sites (tertiary alicyclic amines) is 1. The molecule has 3 amide bonds. The van der Waals surface area contributed by atoms with Crippen LogP contribution in [0.1, 0.15) is 66.2 Å². The molecular weight excluding hydrogens is 486 g/mol. The number of aliphatic hydroxyl groups excluding tert-OH is 1. The summed E-state index contributed by atoms with van der Waals surface area (Å²) < 4.78 is -1.42. The summed E-state index contributed by atoms with van der Waals surface area (Å²) in [7, 11) is 0. The Morgan fingerprint density at radius 2 is 1.70 bits per heavy atom. The van der Waals surface area contributed by atoms with Gasteiger partial charge in [-0.25, -0.2) is 0 Å². The van der Waals surface area contributed by atoms with Crippen molar-refractivity contribution in [3.63, 3.8) is 0 Å². The third-order valence-electron chi connectivity index (χ3n) is 9.43. The van der Waals surface area contributed by atoms with Gasteiger partial charge in [-0.05, 0) is 32.1 Å². The van der Waals surface area contributed by atoms with Gasteiger partial charge in [0.25, 0.3) is 0 Å². The molecule has 0 bridgehead atoms. The van der Waals surface area contributed by atoms with Crippen molar-refractivity contribution >= 4 is 29.5 Å². The van der Waals surface area contributed by atoms with E-state index in [4.69, 9.17) is 0 Å². The molecule has 0 radical (unpaired) electrons. The van der Waals surface area contributed by atoms with Crippen LogP contribution in [-0.4, -0.2) is 91.4 Å². The van der Waals surface area contributed by atoms with Gasteiger partial charge in [0.1, 0.15) is 6.04 Å². The molecule has 0 aromatic heterocycles. The van der Waals surface area contributed by atoms with E-state index in [0.29, 0.717) is 19.6 Å². The third kappa shape index (κ3) is 4.08. The molecule has 5 aliphatic rings. The summed E-state index contributed by atoms with van der Waals surface area (Å²) >= 11 is 1.64. The van der Waals surface area contributed by atoms with Crippen LogP contribution >= 0.6 is 11.8 Å². The topological polar surface area (TPSA) is 81.2 Å². The minimum Gasteiger partial charge on any atom is -0.394 e. The van der Waals surface area contributed by atoms with Gasteiger partial charge in [-0.1, -0.05) is 64.3 Å². The Morgan fingerprint density at radius 1 is 1.00 bits per heavy atom. The maximum absolute atomic E-state index is 14.6. The molecule has 1 saturated carbocycles. The first-order valence-electron chi connectivity index (χ1n) is 14.3. The summed E-state index contributed by atoms with van der Waals surface area (Å²) in [6.07, 6.45) is 14.6. The van der Waals surface area contributed by atoms with E-state index in [9.17, 15) is 19.5 Å². The Morgan fingerprint density at radius 3 is 2.35 bits per heavy atom. The van der Waals surface area contributed by atoms with Crippen LogP contribution in [0.15, 0.2) is 24.3 Å². The van der Waals surface area contributed by atoms with Crippen molar-refractivity contribution in [3.8, 4) is 0 Å². The van der Waals surface area contributed by atoms with Crippen LogP contribution in [0.4, 0.5) is 0 Å². The normalized spacial score (nSPS) is 37.1. The quantitative estimate of drug-likeness (QED) is 0.535. The summed E-state index contributed by atoms with van der Waals surface area (Å²) in [5, 5.41) is 10.5. The lowest BCUT2D eigenvalue weighted by atomic mass is 9.74. The largest absolute Gasteiger partial charge is 0.394 e. The molecule has 3 fully saturated rings. The number of hydrogen-bond acceptors (Lipinski definition) is 5. The van der Waals surface area contributed by atoms with Crippen LogP contribution in [0.5, 0.6) is 0 Å². The van der Waals surface area contributed by atoms with Crippen molar-refractivity contribution in [2.75, 3.05) is 26.2 Å². The average Bonchev–Trinajstić information content (AvgIpc) is 3.14. The molecule has 1 unspecified atom stereocenters. The van der Waals surface area contributed by atoms with Gasteiger partial charge in [-0.3, -0.25) is 14.4 Å². The Kier molecular flexibility index (Phi) is 7.29. The van der Waals surface area contributed by atoms with Gasteiger partial charge in [-0.2, -0.15) is 0 Å². The molecule has 2 saturated heterocycles. The predicted molar refractivity (Wildman–Crippen MR) is 146 cm³/mol. The fourth-order valence-corrected chi connectivity index (χ4v) is 9.84. The van der Waals surface area contributed by atoms with Gasteiger partial charge in [-0.15, -0.1) is 11.8 Å². The lowest BCUT2D eigenvalue weighted by molar-refractivity contribution is -0.149. The van der Waals surface area contributed by atoms with Gasteiger partial charge in [0.2, 0.25) is 17.7 Å². The second-order valence-electron chi connectivity index (χ2n) is 12.1. The number of nitrogens with zero attached hydrogens (tertiary/aromatic N) is 3. The first kappa shape index (κ1) is 26.8. The Hall–Kier alpha value is -1.80. The standard InChI is InChI=1S/C29H43N3O4S/c1-5-15-30-16-9-13-28(4)22(25(30)34)23-26(35)32(21(18-33)19(2)3)24-27(36)31(20-11-7-6-8-12-20)17-10-14-29(23,24)37-28/h9-10,13-14,19-24,33H,5-8,11-12,15-18H2,1-4H3/t21-,22+,23-,24?,28-,29-/m0/s1. The zero-order valence-electron chi connectivity index (χ0n) is 22.8. The van der Waals surface area contributed by atoms with E-state index in [1.807, 2.05) is 23.6 Å². The second kappa shape index (κ2) is 10.1. The number of aliphatic hydroxyl groups is 1. The highest BCUT2D eigenvalue weighted by Gasteiger charge is 2.74. The van der Waals surface area contributed by atoms with Crippen LogP contribution in [0.2, 0.25) is 0 Å². The highest BCUT2D eigenvalue weighted by molar-refractivity contribution is 8.02. The smallest absolute Gasteiger partial charge is 0.247 e. The molecule has 0 aromatic rings. The van der Waals surface area contributed by atoms with Crippen LogP contribution in [-0.2, 0) is 14.4 Å². The van der Waals surface area contributed by atoms with Gasteiger partial charge in [0.05, 0.1) is 29.2 Å². The van der Waals surface area contributed by atoms with E-state index in [1.165, 1.54) is 6.42 Å². The predicted octanol–water partition coefficient (Wildman–Crippen LogP) is 3.23. The molecule has 4 heterocycles. The SMILES string of the molecule is CCCN1CC=C[C@]2(C)S[C@]34C=CCN(C5CCCCC5)C(=O)C3N([C@@H](CO)C(C)C)C(=O)[C@@H]4[C@@H]2C1=O. The van der Waals surface area contributed by atoms with Crippen molar-refractivity contribution in [3.05, 3.63) is 24.3 Å². The average molecular weight is 530 g/mol. The Bertz CT molecular complexity index is 992. The number of thioether (sulfide) groups is 1. The number of amides is 3. The molecule has 1 spiro atoms. The van der Waals surface area contributed by atoms with Crippen molar-refractivity contribution in [2.45, 2.75) is 93.8 Å². The highest BCUT2D eigenvalue weighted by atomic mass is 32.2. The number of fused-ring (bicyclic) bond motifs is 2. The Labute approximate surface area is 225 Å². The number of carbonyl (C=O) groups is 3. The van der Waals surface area contributed by atoms with Crippen LogP contribution in [0, 0.1) is 17.8 Å². The summed E-state index contributed by atoms with van der Waals surface area (Å²) in [6.45, 7) is 9.65. The van der Waals surface area contributed by atoms with Crippen molar-refractivity contribution in [2.24, 2.45) is 17.8 Å². The first-order valence-corrected chi connectivity index (χ1v) is 15.1. The monoisotopic (exact) mass is 529 g/mol. The maximum atomic E-state index is 14.6. The molecule has 6 atom stereocenters. The molecule has 4 aliphatic heterocycles. The molecule has 5 rings (SSSR count). The van der Waals surface area contributed by atoms with E-state index < -0.39 is 33.4 Å². The van der Waals surface area contributed by atoms with Crippen molar-refractivity contribution in [1.29, 1.82) is 0 Å². The molecule has 1 aliphatic carbocycles. The lowest BCUT2D eigenvalue weighted by Crippen LogP contribution is -2.59. The molecule has 204 valence electrons. The van der Waals surface area contributed by atoms with Crippen molar-refractivity contribution in [1.82, 2.24) is 14.7 Å².